The number of carbonyl (C=O) groups excluding carboxylic acids is 1. The van der Waals surface area contributed by atoms with Crippen molar-refractivity contribution in [2.45, 2.75) is 45.3 Å². The minimum absolute atomic E-state index is 0.0529. The monoisotopic (exact) mass is 330 g/mol. The van der Waals surface area contributed by atoms with E-state index in [1.807, 2.05) is 55.1 Å². The molecule has 0 radical (unpaired) electrons. The van der Waals surface area contributed by atoms with Crippen molar-refractivity contribution >= 4 is 6.03 Å². The van der Waals surface area contributed by atoms with Crippen LogP contribution in [0.15, 0.2) is 42.7 Å². The lowest BCUT2D eigenvalue weighted by Gasteiger charge is -2.29. The number of aliphatic hydroxyl groups excluding tert-OH is 1. The van der Waals surface area contributed by atoms with E-state index in [1.165, 1.54) is 0 Å². The van der Waals surface area contributed by atoms with Crippen LogP contribution >= 0.6 is 0 Å². The summed E-state index contributed by atoms with van der Waals surface area (Å²) in [4.78, 5) is 12.2. The van der Waals surface area contributed by atoms with Crippen molar-refractivity contribution in [2.75, 3.05) is 6.61 Å². The minimum atomic E-state index is -0.395. The Balaban J connectivity index is 1.95. The summed E-state index contributed by atoms with van der Waals surface area (Å²) in [5.41, 5.74) is 1.78. The molecule has 1 aromatic heterocycles. The predicted molar refractivity (Wildman–Crippen MR) is 93.5 cm³/mol. The molecular formula is C18H26N4O2. The summed E-state index contributed by atoms with van der Waals surface area (Å²) in [5, 5.41) is 19.2. The Labute approximate surface area is 142 Å². The van der Waals surface area contributed by atoms with Gasteiger partial charge in [-0.1, -0.05) is 31.2 Å². The zero-order chi connectivity index (χ0) is 17.4. The topological polar surface area (TPSA) is 79.2 Å². The maximum atomic E-state index is 12.2. The molecule has 0 spiro atoms. The van der Waals surface area contributed by atoms with Gasteiger partial charge in [0.1, 0.15) is 0 Å². The first kappa shape index (κ1) is 18.0. The number of carbonyl (C=O) groups is 1. The van der Waals surface area contributed by atoms with Crippen LogP contribution in [0.2, 0.25) is 0 Å². The van der Waals surface area contributed by atoms with Crippen LogP contribution in [-0.2, 0) is 13.1 Å². The maximum absolute atomic E-state index is 12.2. The fourth-order valence-electron chi connectivity index (χ4n) is 2.52. The zero-order valence-electron chi connectivity index (χ0n) is 14.3. The van der Waals surface area contributed by atoms with Gasteiger partial charge in [-0.25, -0.2) is 4.79 Å². The van der Waals surface area contributed by atoms with Crippen LogP contribution in [0.4, 0.5) is 4.79 Å². The number of amides is 2. The summed E-state index contributed by atoms with van der Waals surface area (Å²) in [5.74, 6) is 0. The Hall–Kier alpha value is -2.34. The second-order valence-corrected chi connectivity index (χ2v) is 6.17. The molecule has 3 N–H and O–H groups in total. The van der Waals surface area contributed by atoms with E-state index in [1.54, 1.807) is 6.20 Å². The Morgan fingerprint density at radius 1 is 1.29 bits per heavy atom. The Morgan fingerprint density at radius 3 is 2.67 bits per heavy atom. The predicted octanol–water partition coefficient (Wildman–Crippen LogP) is 2.28. The smallest absolute Gasteiger partial charge is 0.315 e. The average Bonchev–Trinajstić information content (AvgIpc) is 3.07. The van der Waals surface area contributed by atoms with Crippen LogP contribution in [0.5, 0.6) is 0 Å². The van der Waals surface area contributed by atoms with Gasteiger partial charge in [-0.3, -0.25) is 4.68 Å². The molecule has 2 aromatic rings. The quantitative estimate of drug-likeness (QED) is 0.695. The Bertz CT molecular complexity index is 642. The number of benzene rings is 1. The van der Waals surface area contributed by atoms with E-state index in [-0.39, 0.29) is 12.6 Å². The van der Waals surface area contributed by atoms with Crippen LogP contribution in [0.25, 0.3) is 0 Å². The van der Waals surface area contributed by atoms with Gasteiger partial charge >= 0.3 is 6.03 Å². The van der Waals surface area contributed by atoms with Gasteiger partial charge in [-0.15, -0.1) is 0 Å². The van der Waals surface area contributed by atoms with Crippen LogP contribution in [0.3, 0.4) is 0 Å². The number of nitrogens with one attached hydrogen (secondary N) is 2. The molecule has 6 heteroatoms. The number of aromatic nitrogens is 2. The highest BCUT2D eigenvalue weighted by Crippen LogP contribution is 2.14. The first-order chi connectivity index (χ1) is 11.6. The number of rotatable bonds is 8. The summed E-state index contributed by atoms with van der Waals surface area (Å²) >= 11 is 0. The SMILES string of the molecule is CCC(C)(CCO)NC(=O)NCc1ccccc1Cn1cccn1. The number of nitrogens with zero attached hydrogens (tertiary/aromatic N) is 2. The molecule has 6 nitrogen and oxygen atoms in total. The van der Waals surface area contributed by atoms with Crippen molar-refractivity contribution in [3.63, 3.8) is 0 Å². The van der Waals surface area contributed by atoms with Crippen molar-refractivity contribution in [3.05, 3.63) is 53.9 Å². The van der Waals surface area contributed by atoms with E-state index >= 15 is 0 Å². The Kier molecular flexibility index (Phi) is 6.37. The molecule has 130 valence electrons. The van der Waals surface area contributed by atoms with Gasteiger partial charge in [0.05, 0.1) is 6.54 Å². The number of hydrogen-bond acceptors (Lipinski definition) is 3. The molecule has 0 bridgehead atoms. The van der Waals surface area contributed by atoms with E-state index < -0.39 is 5.54 Å². The first-order valence-electron chi connectivity index (χ1n) is 8.27. The molecule has 1 heterocycles. The van der Waals surface area contributed by atoms with E-state index in [0.717, 1.165) is 17.5 Å². The highest BCUT2D eigenvalue weighted by molar-refractivity contribution is 5.74. The van der Waals surface area contributed by atoms with E-state index in [9.17, 15) is 4.79 Å². The van der Waals surface area contributed by atoms with Crippen LogP contribution < -0.4 is 10.6 Å². The van der Waals surface area contributed by atoms with E-state index in [2.05, 4.69) is 15.7 Å². The maximum Gasteiger partial charge on any atom is 0.315 e. The van der Waals surface area contributed by atoms with Crippen LogP contribution in [-0.4, -0.2) is 33.1 Å². The van der Waals surface area contributed by atoms with Crippen molar-refractivity contribution in [2.24, 2.45) is 0 Å². The normalized spacial score (nSPS) is 13.3. The third-order valence-corrected chi connectivity index (χ3v) is 4.31. The molecule has 24 heavy (non-hydrogen) atoms. The highest BCUT2D eigenvalue weighted by atomic mass is 16.3. The molecular weight excluding hydrogens is 304 g/mol. The van der Waals surface area contributed by atoms with Gasteiger partial charge in [0.2, 0.25) is 0 Å². The molecule has 0 saturated heterocycles. The fourth-order valence-corrected chi connectivity index (χ4v) is 2.52. The molecule has 0 fully saturated rings. The largest absolute Gasteiger partial charge is 0.396 e. The molecule has 1 aromatic carbocycles. The number of urea groups is 1. The van der Waals surface area contributed by atoms with Gasteiger partial charge in [0, 0.05) is 31.1 Å². The second kappa shape index (κ2) is 8.49. The first-order valence-corrected chi connectivity index (χ1v) is 8.27. The average molecular weight is 330 g/mol. The number of hydrogen-bond donors (Lipinski definition) is 3. The molecule has 1 atom stereocenters. The van der Waals surface area contributed by atoms with Gasteiger partial charge in [-0.05, 0) is 37.0 Å². The molecule has 2 rings (SSSR count). The van der Waals surface area contributed by atoms with E-state index in [0.29, 0.717) is 19.5 Å². The Morgan fingerprint density at radius 2 is 2.04 bits per heavy atom. The lowest BCUT2D eigenvalue weighted by molar-refractivity contribution is 0.200. The molecule has 2 amide bonds. The van der Waals surface area contributed by atoms with Crippen LogP contribution in [0, 0.1) is 0 Å². The molecule has 0 aliphatic rings. The lowest BCUT2D eigenvalue weighted by atomic mass is 9.95. The lowest BCUT2D eigenvalue weighted by Crippen LogP contribution is -2.50. The fraction of sp³-hybridized carbons (Fsp3) is 0.444. The van der Waals surface area contributed by atoms with Gasteiger partial charge in [0.25, 0.3) is 0 Å². The second-order valence-electron chi connectivity index (χ2n) is 6.17. The zero-order valence-corrected chi connectivity index (χ0v) is 14.3. The van der Waals surface area contributed by atoms with Gasteiger partial charge < -0.3 is 15.7 Å². The summed E-state index contributed by atoms with van der Waals surface area (Å²) in [7, 11) is 0. The van der Waals surface area contributed by atoms with Crippen LogP contribution in [0.1, 0.15) is 37.8 Å². The van der Waals surface area contributed by atoms with E-state index in [4.69, 9.17) is 5.11 Å². The summed E-state index contributed by atoms with van der Waals surface area (Å²) < 4.78 is 1.86. The third-order valence-electron chi connectivity index (χ3n) is 4.31. The van der Waals surface area contributed by atoms with Gasteiger partial charge in [0.15, 0.2) is 0 Å². The number of aliphatic hydroxyl groups is 1. The third kappa shape index (κ3) is 5.09. The van der Waals surface area contributed by atoms with Crippen molar-refractivity contribution in [1.29, 1.82) is 0 Å². The van der Waals surface area contributed by atoms with Gasteiger partial charge in [-0.2, -0.15) is 5.10 Å². The molecule has 0 aliphatic heterocycles. The summed E-state index contributed by atoms with van der Waals surface area (Å²) in [6.07, 6.45) is 4.96. The van der Waals surface area contributed by atoms with Crippen molar-refractivity contribution in [3.8, 4) is 0 Å². The summed E-state index contributed by atoms with van der Waals surface area (Å²) in [6, 6.07) is 9.66. The van der Waals surface area contributed by atoms with Crippen molar-refractivity contribution in [1.82, 2.24) is 20.4 Å². The molecule has 0 aliphatic carbocycles. The molecule has 0 saturated carbocycles. The standard InChI is InChI=1S/C18H26N4O2/c1-3-18(2,9-12-23)21-17(24)19-13-15-7-4-5-8-16(15)14-22-11-6-10-20-22/h4-8,10-11,23H,3,9,12-14H2,1-2H3,(H2,19,21,24). The highest BCUT2D eigenvalue weighted by Gasteiger charge is 2.23. The minimum Gasteiger partial charge on any atom is -0.396 e. The molecule has 1 unspecified atom stereocenters. The van der Waals surface area contributed by atoms with Crippen molar-refractivity contribution < 1.29 is 9.90 Å². The summed E-state index contributed by atoms with van der Waals surface area (Å²) in [6.45, 7) is 5.10.